The first kappa shape index (κ1) is 17.7. The van der Waals surface area contributed by atoms with E-state index in [0.717, 1.165) is 19.4 Å². The number of aliphatic carboxylic acids is 1. The van der Waals surface area contributed by atoms with Crippen molar-refractivity contribution in [1.29, 1.82) is 0 Å². The molecule has 22 heavy (non-hydrogen) atoms. The van der Waals surface area contributed by atoms with E-state index in [9.17, 15) is 13.2 Å². The van der Waals surface area contributed by atoms with Gasteiger partial charge in [0.05, 0.1) is 12.3 Å². The van der Waals surface area contributed by atoms with Gasteiger partial charge < -0.3 is 5.11 Å². The maximum absolute atomic E-state index is 11.9. The zero-order valence-corrected chi connectivity index (χ0v) is 14.2. The van der Waals surface area contributed by atoms with Crippen LogP contribution in [0.5, 0.6) is 0 Å². The quantitative estimate of drug-likeness (QED) is 0.762. The summed E-state index contributed by atoms with van der Waals surface area (Å²) in [5, 5.41) is 9.16. The van der Waals surface area contributed by atoms with E-state index in [4.69, 9.17) is 5.11 Å². The number of carbonyl (C=O) groups is 1. The summed E-state index contributed by atoms with van der Waals surface area (Å²) < 4.78 is 25.4. The molecule has 7 heteroatoms. The highest BCUT2D eigenvalue weighted by Crippen LogP contribution is 2.28. The summed E-state index contributed by atoms with van der Waals surface area (Å²) in [5.74, 6) is -0.0446. The second-order valence-electron chi connectivity index (χ2n) is 6.50. The fraction of sp³-hybridized carbons (Fsp3) is 0.933. The van der Waals surface area contributed by atoms with Gasteiger partial charge in [0.15, 0.2) is 0 Å². The lowest BCUT2D eigenvalue weighted by molar-refractivity contribution is -0.139. The Hall–Kier alpha value is -0.660. The molecule has 128 valence electrons. The van der Waals surface area contributed by atoms with Crippen LogP contribution in [0.25, 0.3) is 0 Å². The van der Waals surface area contributed by atoms with Gasteiger partial charge in [0.2, 0.25) is 10.0 Å². The van der Waals surface area contributed by atoms with E-state index in [-0.39, 0.29) is 18.3 Å². The number of hydrogen-bond donors (Lipinski definition) is 1. The Labute approximate surface area is 133 Å². The van der Waals surface area contributed by atoms with Crippen LogP contribution in [0.2, 0.25) is 0 Å². The highest BCUT2D eigenvalue weighted by atomic mass is 32.2. The Kier molecular flexibility index (Phi) is 6.23. The van der Waals surface area contributed by atoms with Gasteiger partial charge >= 0.3 is 5.97 Å². The summed E-state index contributed by atoms with van der Waals surface area (Å²) in [5.41, 5.74) is 0. The molecule has 1 aliphatic heterocycles. The highest BCUT2D eigenvalue weighted by Gasteiger charge is 2.31. The molecule has 0 atom stereocenters. The number of rotatable bonds is 7. The molecular formula is C15H28N2O4S. The van der Waals surface area contributed by atoms with Crippen LogP contribution in [0.4, 0.5) is 0 Å². The number of carboxylic acids is 1. The van der Waals surface area contributed by atoms with Crippen molar-refractivity contribution >= 4 is 16.0 Å². The Morgan fingerprint density at radius 2 is 1.77 bits per heavy atom. The maximum Gasteiger partial charge on any atom is 0.317 e. The average molecular weight is 332 g/mol. The van der Waals surface area contributed by atoms with E-state index >= 15 is 0 Å². The minimum atomic E-state index is -3.12. The molecule has 6 nitrogen and oxygen atoms in total. The van der Waals surface area contributed by atoms with Crippen molar-refractivity contribution < 1.29 is 18.3 Å². The van der Waals surface area contributed by atoms with Crippen LogP contribution < -0.4 is 0 Å². The summed E-state index contributed by atoms with van der Waals surface area (Å²) in [4.78, 5) is 13.2. The van der Waals surface area contributed by atoms with E-state index in [1.807, 2.05) is 0 Å². The Balaban J connectivity index is 1.93. The van der Waals surface area contributed by atoms with Gasteiger partial charge in [0.25, 0.3) is 0 Å². The first-order valence-electron chi connectivity index (χ1n) is 8.36. The molecule has 2 aliphatic rings. The Bertz CT molecular complexity index is 466. The van der Waals surface area contributed by atoms with Crippen LogP contribution in [0.15, 0.2) is 0 Å². The van der Waals surface area contributed by atoms with Gasteiger partial charge in [0.1, 0.15) is 0 Å². The monoisotopic (exact) mass is 332 g/mol. The lowest BCUT2D eigenvalue weighted by Crippen LogP contribution is -2.49. The smallest absolute Gasteiger partial charge is 0.317 e. The third-order valence-corrected chi connectivity index (χ3v) is 6.89. The number of nitrogens with zero attached hydrogens (tertiary/aromatic N) is 2. The molecule has 0 amide bonds. The van der Waals surface area contributed by atoms with Gasteiger partial charge in [-0.2, -0.15) is 0 Å². The van der Waals surface area contributed by atoms with E-state index < -0.39 is 16.0 Å². The van der Waals surface area contributed by atoms with Crippen molar-refractivity contribution in [1.82, 2.24) is 9.21 Å². The summed E-state index contributed by atoms with van der Waals surface area (Å²) in [6.07, 6.45) is 6.36. The first-order chi connectivity index (χ1) is 10.4. The van der Waals surface area contributed by atoms with Crippen LogP contribution in [0.1, 0.15) is 45.4 Å². The molecule has 1 aliphatic carbocycles. The molecule has 1 saturated heterocycles. The van der Waals surface area contributed by atoms with E-state index in [2.05, 4.69) is 4.90 Å². The predicted molar refractivity (Wildman–Crippen MR) is 85.2 cm³/mol. The van der Waals surface area contributed by atoms with Gasteiger partial charge in [0, 0.05) is 25.7 Å². The first-order valence-corrected chi connectivity index (χ1v) is 9.97. The van der Waals surface area contributed by atoms with Gasteiger partial charge in [-0.3, -0.25) is 9.69 Å². The minimum absolute atomic E-state index is 0.0711. The topological polar surface area (TPSA) is 77.9 Å². The predicted octanol–water partition coefficient (Wildman–Crippen LogP) is 1.38. The SMILES string of the molecule is CCS(=O)(=O)N1CCC(N(CC(=O)O)CC2CCCC2)CC1. The van der Waals surface area contributed by atoms with Crippen LogP contribution in [0, 0.1) is 5.92 Å². The lowest BCUT2D eigenvalue weighted by Gasteiger charge is -2.38. The molecule has 0 bridgehead atoms. The van der Waals surface area contributed by atoms with Crippen molar-refractivity contribution in [3.8, 4) is 0 Å². The standard InChI is InChI=1S/C15H28N2O4S/c1-2-22(20,21)17-9-7-14(8-10-17)16(12-15(18)19)11-13-5-3-4-6-13/h13-14H,2-12H2,1H3,(H,18,19). The zero-order valence-electron chi connectivity index (χ0n) is 13.4. The largest absolute Gasteiger partial charge is 0.480 e. The zero-order chi connectivity index (χ0) is 16.2. The summed E-state index contributed by atoms with van der Waals surface area (Å²) in [7, 11) is -3.12. The minimum Gasteiger partial charge on any atom is -0.480 e. The fourth-order valence-electron chi connectivity index (χ4n) is 3.71. The Morgan fingerprint density at radius 3 is 2.27 bits per heavy atom. The third kappa shape index (κ3) is 4.67. The average Bonchev–Trinajstić information content (AvgIpc) is 2.99. The van der Waals surface area contributed by atoms with Gasteiger partial charge in [-0.1, -0.05) is 12.8 Å². The number of hydrogen-bond acceptors (Lipinski definition) is 4. The number of piperidine rings is 1. The molecular weight excluding hydrogens is 304 g/mol. The molecule has 0 spiro atoms. The molecule has 0 aromatic rings. The van der Waals surface area contributed by atoms with Crippen molar-refractivity contribution in [2.24, 2.45) is 5.92 Å². The molecule has 0 unspecified atom stereocenters. The van der Waals surface area contributed by atoms with Gasteiger partial charge in [-0.15, -0.1) is 0 Å². The molecule has 1 saturated carbocycles. The van der Waals surface area contributed by atoms with Gasteiger partial charge in [-0.25, -0.2) is 12.7 Å². The second-order valence-corrected chi connectivity index (χ2v) is 8.76. The molecule has 2 rings (SSSR count). The fourth-order valence-corrected chi connectivity index (χ4v) is 4.84. The van der Waals surface area contributed by atoms with Crippen molar-refractivity contribution in [3.63, 3.8) is 0 Å². The summed E-state index contributed by atoms with van der Waals surface area (Å²) >= 11 is 0. The molecule has 0 radical (unpaired) electrons. The summed E-state index contributed by atoms with van der Waals surface area (Å²) in [6.45, 7) is 3.61. The van der Waals surface area contributed by atoms with E-state index in [1.165, 1.54) is 25.7 Å². The second kappa shape index (κ2) is 7.75. The normalized spacial score (nSPS) is 22.5. The lowest BCUT2D eigenvalue weighted by atomic mass is 10.0. The highest BCUT2D eigenvalue weighted by molar-refractivity contribution is 7.89. The van der Waals surface area contributed by atoms with Crippen LogP contribution in [0.3, 0.4) is 0 Å². The van der Waals surface area contributed by atoms with Crippen LogP contribution in [-0.4, -0.2) is 66.7 Å². The van der Waals surface area contributed by atoms with E-state index in [1.54, 1.807) is 11.2 Å². The molecule has 0 aromatic heterocycles. The Morgan fingerprint density at radius 1 is 1.18 bits per heavy atom. The van der Waals surface area contributed by atoms with Crippen molar-refractivity contribution in [3.05, 3.63) is 0 Å². The molecule has 2 fully saturated rings. The number of sulfonamides is 1. The number of carboxylic acid groups (broad SMARTS) is 1. The maximum atomic E-state index is 11.9. The van der Waals surface area contributed by atoms with Crippen LogP contribution in [-0.2, 0) is 14.8 Å². The van der Waals surface area contributed by atoms with Gasteiger partial charge in [-0.05, 0) is 38.5 Å². The van der Waals surface area contributed by atoms with Crippen molar-refractivity contribution in [2.75, 3.05) is 31.9 Å². The van der Waals surface area contributed by atoms with E-state index in [0.29, 0.717) is 19.0 Å². The van der Waals surface area contributed by atoms with Crippen molar-refractivity contribution in [2.45, 2.75) is 51.5 Å². The molecule has 1 N–H and O–H groups in total. The molecule has 0 aromatic carbocycles. The summed E-state index contributed by atoms with van der Waals surface area (Å²) in [6, 6.07) is 0.194. The molecule has 1 heterocycles. The third-order valence-electron chi connectivity index (χ3n) is 5.00. The van der Waals surface area contributed by atoms with Crippen LogP contribution >= 0.6 is 0 Å².